The van der Waals surface area contributed by atoms with E-state index in [1.54, 1.807) is 31.4 Å². The van der Waals surface area contributed by atoms with Crippen molar-refractivity contribution in [2.45, 2.75) is 6.61 Å². The molecule has 0 amide bonds. The summed E-state index contributed by atoms with van der Waals surface area (Å²) in [5, 5.41) is 3.71. The van der Waals surface area contributed by atoms with Crippen molar-refractivity contribution in [2.75, 3.05) is 7.11 Å². The van der Waals surface area contributed by atoms with E-state index >= 15 is 0 Å². The van der Waals surface area contributed by atoms with Crippen LogP contribution in [-0.4, -0.2) is 13.3 Å². The van der Waals surface area contributed by atoms with Crippen LogP contribution >= 0.6 is 0 Å². The van der Waals surface area contributed by atoms with Gasteiger partial charge in [0.05, 0.1) is 13.3 Å². The molecule has 5 heteroatoms. The van der Waals surface area contributed by atoms with Crippen molar-refractivity contribution in [3.63, 3.8) is 0 Å². The molecule has 0 unspecified atom stereocenters. The zero-order valence-electron chi connectivity index (χ0n) is 10.8. The Kier molecular flexibility index (Phi) is 4.65. The molecule has 0 aromatic heterocycles. The van der Waals surface area contributed by atoms with Crippen molar-refractivity contribution in [1.82, 2.24) is 0 Å². The van der Waals surface area contributed by atoms with Gasteiger partial charge in [0.15, 0.2) is 11.6 Å². The lowest BCUT2D eigenvalue weighted by atomic mass is 10.2. The number of oxime groups is 1. The predicted molar refractivity (Wildman–Crippen MR) is 71.7 cm³/mol. The highest BCUT2D eigenvalue weighted by Gasteiger charge is 2.07. The number of hydrogen-bond donors (Lipinski definition) is 0. The van der Waals surface area contributed by atoms with Gasteiger partial charge < -0.3 is 9.57 Å². The van der Waals surface area contributed by atoms with E-state index in [1.807, 2.05) is 0 Å². The van der Waals surface area contributed by atoms with Crippen LogP contribution in [0.25, 0.3) is 0 Å². The first-order chi connectivity index (χ1) is 9.70. The van der Waals surface area contributed by atoms with Crippen molar-refractivity contribution in [3.05, 3.63) is 65.2 Å². The predicted octanol–water partition coefficient (Wildman–Crippen LogP) is 3.52. The van der Waals surface area contributed by atoms with Crippen LogP contribution in [0.1, 0.15) is 11.1 Å². The lowest BCUT2D eigenvalue weighted by Crippen LogP contribution is -1.95. The third-order valence-corrected chi connectivity index (χ3v) is 2.64. The number of halogens is 2. The summed E-state index contributed by atoms with van der Waals surface area (Å²) in [5.74, 6) is -1.07. The highest BCUT2D eigenvalue weighted by molar-refractivity contribution is 5.79. The second kappa shape index (κ2) is 6.65. The van der Waals surface area contributed by atoms with Crippen molar-refractivity contribution >= 4 is 6.21 Å². The normalized spacial score (nSPS) is 10.8. The number of methoxy groups -OCH3 is 1. The number of nitrogens with zero attached hydrogens (tertiary/aromatic N) is 1. The first-order valence-corrected chi connectivity index (χ1v) is 5.93. The SMILES string of the molecule is COc1ccc(C=NOCc2cccc(F)c2F)cc1. The Morgan fingerprint density at radius 2 is 1.85 bits per heavy atom. The molecule has 2 rings (SSSR count). The van der Waals surface area contributed by atoms with Gasteiger partial charge in [-0.05, 0) is 35.9 Å². The molecule has 0 heterocycles. The molecule has 0 N–H and O–H groups in total. The molecule has 0 bridgehead atoms. The first kappa shape index (κ1) is 14.0. The molecule has 2 aromatic carbocycles. The number of hydrogen-bond acceptors (Lipinski definition) is 3. The molecule has 0 saturated carbocycles. The second-order valence-corrected chi connectivity index (χ2v) is 3.99. The molecule has 0 atom stereocenters. The third-order valence-electron chi connectivity index (χ3n) is 2.64. The summed E-state index contributed by atoms with van der Waals surface area (Å²) < 4.78 is 31.3. The summed E-state index contributed by atoms with van der Waals surface area (Å²) in [5.41, 5.74) is 0.933. The Balaban J connectivity index is 1.91. The number of benzene rings is 2. The van der Waals surface area contributed by atoms with Crippen LogP contribution in [0.15, 0.2) is 47.6 Å². The topological polar surface area (TPSA) is 30.8 Å². The van der Waals surface area contributed by atoms with Crippen LogP contribution in [0.2, 0.25) is 0 Å². The fourth-order valence-electron chi connectivity index (χ4n) is 1.55. The molecular formula is C15H13F2NO2. The monoisotopic (exact) mass is 277 g/mol. The van der Waals surface area contributed by atoms with Crippen LogP contribution in [-0.2, 0) is 11.4 Å². The maximum atomic E-state index is 13.3. The van der Waals surface area contributed by atoms with Crippen molar-refractivity contribution in [3.8, 4) is 5.75 Å². The highest BCUT2D eigenvalue weighted by atomic mass is 19.2. The van der Waals surface area contributed by atoms with E-state index in [-0.39, 0.29) is 12.2 Å². The van der Waals surface area contributed by atoms with Gasteiger partial charge >= 0.3 is 0 Å². The fraction of sp³-hybridized carbons (Fsp3) is 0.133. The van der Waals surface area contributed by atoms with E-state index < -0.39 is 11.6 Å². The first-order valence-electron chi connectivity index (χ1n) is 5.93. The van der Waals surface area contributed by atoms with Crippen LogP contribution < -0.4 is 4.74 Å². The largest absolute Gasteiger partial charge is 0.497 e. The molecule has 0 aliphatic carbocycles. The third kappa shape index (κ3) is 3.54. The molecule has 0 fully saturated rings. The summed E-state index contributed by atoms with van der Waals surface area (Å²) >= 11 is 0. The quantitative estimate of drug-likeness (QED) is 0.618. The minimum absolute atomic E-state index is 0.122. The van der Waals surface area contributed by atoms with Crippen LogP contribution in [0.4, 0.5) is 8.78 Å². The van der Waals surface area contributed by atoms with Crippen LogP contribution in [0.5, 0.6) is 5.75 Å². The molecular weight excluding hydrogens is 264 g/mol. The zero-order valence-corrected chi connectivity index (χ0v) is 10.8. The lowest BCUT2D eigenvalue weighted by molar-refractivity contribution is 0.129. The molecule has 2 aromatic rings. The summed E-state index contributed by atoms with van der Waals surface area (Å²) in [7, 11) is 1.58. The molecule has 0 aliphatic heterocycles. The minimum Gasteiger partial charge on any atom is -0.497 e. The standard InChI is InChI=1S/C15H13F2NO2/c1-19-13-7-5-11(6-8-13)9-18-20-10-12-3-2-4-14(16)15(12)17/h2-9H,10H2,1H3. The molecule has 3 nitrogen and oxygen atoms in total. The highest BCUT2D eigenvalue weighted by Crippen LogP contribution is 2.13. The van der Waals surface area contributed by atoms with Crippen LogP contribution in [0, 0.1) is 11.6 Å². The van der Waals surface area contributed by atoms with Gasteiger partial charge in [-0.2, -0.15) is 0 Å². The van der Waals surface area contributed by atoms with E-state index in [2.05, 4.69) is 5.16 Å². The Morgan fingerprint density at radius 3 is 2.55 bits per heavy atom. The average Bonchev–Trinajstić information content (AvgIpc) is 2.48. The second-order valence-electron chi connectivity index (χ2n) is 3.99. The molecule has 0 spiro atoms. The molecule has 0 radical (unpaired) electrons. The lowest BCUT2D eigenvalue weighted by Gasteiger charge is -2.02. The summed E-state index contributed by atoms with van der Waals surface area (Å²) in [6, 6.07) is 11.1. The molecule has 0 saturated heterocycles. The van der Waals surface area contributed by atoms with Gasteiger partial charge in [0.25, 0.3) is 0 Å². The Labute approximate surface area is 115 Å². The smallest absolute Gasteiger partial charge is 0.165 e. The van der Waals surface area contributed by atoms with Gasteiger partial charge in [-0.25, -0.2) is 8.78 Å². The fourth-order valence-corrected chi connectivity index (χ4v) is 1.55. The van der Waals surface area contributed by atoms with Crippen molar-refractivity contribution in [2.24, 2.45) is 5.16 Å². The van der Waals surface area contributed by atoms with Gasteiger partial charge in [-0.1, -0.05) is 17.3 Å². The van der Waals surface area contributed by atoms with E-state index in [1.165, 1.54) is 18.3 Å². The van der Waals surface area contributed by atoms with E-state index in [4.69, 9.17) is 9.57 Å². The maximum absolute atomic E-state index is 13.3. The van der Waals surface area contributed by atoms with E-state index in [0.29, 0.717) is 0 Å². The molecule has 0 aliphatic rings. The minimum atomic E-state index is -0.910. The van der Waals surface area contributed by atoms with Gasteiger partial charge in [0.1, 0.15) is 12.4 Å². The van der Waals surface area contributed by atoms with Gasteiger partial charge in [-0.15, -0.1) is 0 Å². The summed E-state index contributed by atoms with van der Waals surface area (Å²) in [4.78, 5) is 4.95. The Bertz CT molecular complexity index is 597. The van der Waals surface area contributed by atoms with Crippen LogP contribution in [0.3, 0.4) is 0 Å². The summed E-state index contributed by atoms with van der Waals surface area (Å²) in [6.45, 7) is -0.129. The van der Waals surface area contributed by atoms with Gasteiger partial charge in [-0.3, -0.25) is 0 Å². The molecule has 20 heavy (non-hydrogen) atoms. The number of ether oxygens (including phenoxy) is 1. The number of rotatable bonds is 5. The zero-order chi connectivity index (χ0) is 14.4. The van der Waals surface area contributed by atoms with Gasteiger partial charge in [0.2, 0.25) is 0 Å². The molecule has 104 valence electrons. The maximum Gasteiger partial charge on any atom is 0.165 e. The van der Waals surface area contributed by atoms with Gasteiger partial charge in [0, 0.05) is 5.56 Å². The average molecular weight is 277 g/mol. The van der Waals surface area contributed by atoms with E-state index in [9.17, 15) is 8.78 Å². The summed E-state index contributed by atoms with van der Waals surface area (Å²) in [6.07, 6.45) is 1.48. The Hall–Kier alpha value is -2.43. The van der Waals surface area contributed by atoms with E-state index in [0.717, 1.165) is 17.4 Å². The van der Waals surface area contributed by atoms with Crippen molar-refractivity contribution in [1.29, 1.82) is 0 Å². The van der Waals surface area contributed by atoms with Crippen molar-refractivity contribution < 1.29 is 18.4 Å². The Morgan fingerprint density at radius 1 is 1.10 bits per heavy atom.